The van der Waals surface area contributed by atoms with E-state index in [0.29, 0.717) is 36.9 Å². The molecule has 0 radical (unpaired) electrons. The maximum Gasteiger partial charge on any atom is 0.319 e. The zero-order valence-electron chi connectivity index (χ0n) is 15.8. The molecule has 7 nitrogen and oxygen atoms in total. The maximum absolute atomic E-state index is 12.8. The van der Waals surface area contributed by atoms with Crippen molar-refractivity contribution in [2.24, 2.45) is 5.92 Å². The van der Waals surface area contributed by atoms with E-state index in [-0.39, 0.29) is 23.8 Å². The second kappa shape index (κ2) is 8.88. The molecule has 0 aromatic heterocycles. The Kier molecular flexibility index (Phi) is 6.32. The Hall–Kier alpha value is -2.57. The first kappa shape index (κ1) is 19.2. The molecule has 0 spiro atoms. The molecule has 146 valence electrons. The second-order valence-corrected chi connectivity index (χ2v) is 7.33. The Morgan fingerprint density at radius 2 is 1.85 bits per heavy atom. The lowest BCUT2D eigenvalue weighted by atomic mass is 9.96. The molecule has 1 unspecified atom stereocenters. The number of hydrogen-bond donors (Lipinski definition) is 3. The zero-order valence-corrected chi connectivity index (χ0v) is 15.8. The Balaban J connectivity index is 1.54. The predicted octanol–water partition coefficient (Wildman–Crippen LogP) is 2.35. The van der Waals surface area contributed by atoms with Gasteiger partial charge in [-0.3, -0.25) is 9.59 Å². The Labute approximate surface area is 159 Å². The highest BCUT2D eigenvalue weighted by molar-refractivity contribution is 5.96. The predicted molar refractivity (Wildman–Crippen MR) is 104 cm³/mol. The number of carbonyl (C=O) groups excluding carboxylic acids is 3. The SMILES string of the molecule is CCCNC(=O)C1CCCN(C(=O)c2ccc(NC(=O)NC3CC3)cc2)C1. The summed E-state index contributed by atoms with van der Waals surface area (Å²) in [7, 11) is 0. The lowest BCUT2D eigenvalue weighted by Crippen LogP contribution is -2.45. The summed E-state index contributed by atoms with van der Waals surface area (Å²) in [5.41, 5.74) is 1.22. The summed E-state index contributed by atoms with van der Waals surface area (Å²) in [5, 5.41) is 8.55. The van der Waals surface area contributed by atoms with E-state index in [1.165, 1.54) is 0 Å². The fourth-order valence-electron chi connectivity index (χ4n) is 3.23. The lowest BCUT2D eigenvalue weighted by molar-refractivity contribution is -0.126. The van der Waals surface area contributed by atoms with Crippen LogP contribution in [0.15, 0.2) is 24.3 Å². The van der Waals surface area contributed by atoms with Crippen LogP contribution < -0.4 is 16.0 Å². The molecule has 1 aromatic rings. The van der Waals surface area contributed by atoms with Crippen molar-refractivity contribution < 1.29 is 14.4 Å². The number of benzene rings is 1. The lowest BCUT2D eigenvalue weighted by Gasteiger charge is -2.32. The second-order valence-electron chi connectivity index (χ2n) is 7.33. The van der Waals surface area contributed by atoms with Gasteiger partial charge in [-0.15, -0.1) is 0 Å². The number of piperidine rings is 1. The summed E-state index contributed by atoms with van der Waals surface area (Å²) in [6, 6.07) is 6.98. The van der Waals surface area contributed by atoms with Gasteiger partial charge in [0, 0.05) is 36.9 Å². The van der Waals surface area contributed by atoms with Crippen molar-refractivity contribution in [1.82, 2.24) is 15.5 Å². The minimum Gasteiger partial charge on any atom is -0.356 e. The molecule has 1 aromatic carbocycles. The highest BCUT2D eigenvalue weighted by Crippen LogP contribution is 2.21. The van der Waals surface area contributed by atoms with Gasteiger partial charge in [-0.2, -0.15) is 0 Å². The van der Waals surface area contributed by atoms with E-state index in [4.69, 9.17) is 0 Å². The monoisotopic (exact) mass is 372 g/mol. The van der Waals surface area contributed by atoms with E-state index in [1.54, 1.807) is 29.2 Å². The van der Waals surface area contributed by atoms with Gasteiger partial charge in [0.1, 0.15) is 0 Å². The molecule has 7 heteroatoms. The van der Waals surface area contributed by atoms with Gasteiger partial charge in [0.15, 0.2) is 0 Å². The van der Waals surface area contributed by atoms with E-state index in [1.807, 2.05) is 6.92 Å². The smallest absolute Gasteiger partial charge is 0.319 e. The van der Waals surface area contributed by atoms with E-state index < -0.39 is 0 Å². The van der Waals surface area contributed by atoms with Crippen LogP contribution in [0.5, 0.6) is 0 Å². The number of carbonyl (C=O) groups is 3. The van der Waals surface area contributed by atoms with Crippen molar-refractivity contribution in [2.75, 3.05) is 25.0 Å². The molecular weight excluding hydrogens is 344 g/mol. The number of nitrogens with zero attached hydrogens (tertiary/aromatic N) is 1. The first-order valence-corrected chi connectivity index (χ1v) is 9.81. The third-order valence-corrected chi connectivity index (χ3v) is 4.93. The number of nitrogens with one attached hydrogen (secondary N) is 3. The van der Waals surface area contributed by atoms with E-state index in [0.717, 1.165) is 32.1 Å². The fraction of sp³-hybridized carbons (Fsp3) is 0.550. The molecule has 1 aliphatic carbocycles. The quantitative estimate of drug-likeness (QED) is 0.716. The van der Waals surface area contributed by atoms with Gasteiger partial charge in [0.25, 0.3) is 5.91 Å². The minimum atomic E-state index is -0.214. The van der Waals surface area contributed by atoms with Gasteiger partial charge in [-0.25, -0.2) is 4.79 Å². The van der Waals surface area contributed by atoms with Crippen molar-refractivity contribution in [3.8, 4) is 0 Å². The van der Waals surface area contributed by atoms with Crippen LogP contribution in [-0.4, -0.2) is 48.4 Å². The van der Waals surface area contributed by atoms with Crippen molar-refractivity contribution in [1.29, 1.82) is 0 Å². The molecule has 3 rings (SSSR count). The molecule has 2 aliphatic rings. The molecule has 1 heterocycles. The van der Waals surface area contributed by atoms with Crippen LogP contribution in [-0.2, 0) is 4.79 Å². The summed E-state index contributed by atoms with van der Waals surface area (Å²) in [5.74, 6) is -0.172. The summed E-state index contributed by atoms with van der Waals surface area (Å²) in [4.78, 5) is 38.5. The van der Waals surface area contributed by atoms with Crippen molar-refractivity contribution in [3.63, 3.8) is 0 Å². The van der Waals surface area contributed by atoms with E-state index in [9.17, 15) is 14.4 Å². The molecule has 2 fully saturated rings. The molecule has 4 amide bonds. The average molecular weight is 372 g/mol. The summed E-state index contributed by atoms with van der Waals surface area (Å²) < 4.78 is 0. The molecule has 1 saturated carbocycles. The molecular formula is C20H28N4O3. The number of amides is 4. The molecule has 1 saturated heterocycles. The summed E-state index contributed by atoms with van der Waals surface area (Å²) in [6.45, 7) is 3.81. The van der Waals surface area contributed by atoms with Gasteiger partial charge in [0.2, 0.25) is 5.91 Å². The highest BCUT2D eigenvalue weighted by atomic mass is 16.2. The third kappa shape index (κ3) is 5.45. The summed E-state index contributed by atoms with van der Waals surface area (Å²) >= 11 is 0. The maximum atomic E-state index is 12.8. The van der Waals surface area contributed by atoms with Crippen molar-refractivity contribution >= 4 is 23.5 Å². The Morgan fingerprint density at radius 1 is 1.11 bits per heavy atom. The number of rotatable bonds is 6. The van der Waals surface area contributed by atoms with Crippen LogP contribution in [0.1, 0.15) is 49.4 Å². The van der Waals surface area contributed by atoms with Crippen LogP contribution in [0.25, 0.3) is 0 Å². The Morgan fingerprint density at radius 3 is 2.52 bits per heavy atom. The van der Waals surface area contributed by atoms with Crippen LogP contribution in [0.2, 0.25) is 0 Å². The third-order valence-electron chi connectivity index (χ3n) is 4.93. The van der Waals surface area contributed by atoms with E-state index in [2.05, 4.69) is 16.0 Å². The van der Waals surface area contributed by atoms with Gasteiger partial charge in [-0.05, 0) is 56.4 Å². The van der Waals surface area contributed by atoms with Crippen LogP contribution >= 0.6 is 0 Å². The summed E-state index contributed by atoms with van der Waals surface area (Å²) in [6.07, 6.45) is 4.62. The highest BCUT2D eigenvalue weighted by Gasteiger charge is 2.28. The van der Waals surface area contributed by atoms with Crippen molar-refractivity contribution in [3.05, 3.63) is 29.8 Å². The van der Waals surface area contributed by atoms with Gasteiger partial charge < -0.3 is 20.9 Å². The van der Waals surface area contributed by atoms with Crippen LogP contribution in [0.4, 0.5) is 10.5 Å². The largest absolute Gasteiger partial charge is 0.356 e. The minimum absolute atomic E-state index is 0.0376. The number of anilines is 1. The fourth-order valence-corrected chi connectivity index (χ4v) is 3.23. The van der Waals surface area contributed by atoms with Crippen LogP contribution in [0.3, 0.4) is 0 Å². The van der Waals surface area contributed by atoms with Crippen LogP contribution in [0, 0.1) is 5.92 Å². The number of urea groups is 1. The van der Waals surface area contributed by atoms with Gasteiger partial charge in [-0.1, -0.05) is 6.92 Å². The van der Waals surface area contributed by atoms with E-state index >= 15 is 0 Å². The topological polar surface area (TPSA) is 90.5 Å². The van der Waals surface area contributed by atoms with Crippen molar-refractivity contribution in [2.45, 2.75) is 45.1 Å². The first-order chi connectivity index (χ1) is 13.1. The average Bonchev–Trinajstić information content (AvgIpc) is 3.50. The molecule has 3 N–H and O–H groups in total. The Bertz CT molecular complexity index is 685. The van der Waals surface area contributed by atoms with Gasteiger partial charge >= 0.3 is 6.03 Å². The first-order valence-electron chi connectivity index (χ1n) is 9.81. The van der Waals surface area contributed by atoms with Gasteiger partial charge in [0.05, 0.1) is 5.92 Å². The normalized spacial score (nSPS) is 19.3. The standard InChI is InChI=1S/C20H28N4O3/c1-2-11-21-18(25)15-4-3-12-24(13-15)19(26)14-5-7-16(8-6-14)22-20(27)23-17-9-10-17/h5-8,15,17H,2-4,9-13H2,1H3,(H,21,25)(H2,22,23,27). The number of likely N-dealkylation sites (tertiary alicyclic amines) is 1. The molecule has 1 aliphatic heterocycles. The molecule has 27 heavy (non-hydrogen) atoms. The zero-order chi connectivity index (χ0) is 19.2. The number of hydrogen-bond acceptors (Lipinski definition) is 3. The molecule has 1 atom stereocenters. The molecule has 0 bridgehead atoms.